The van der Waals surface area contributed by atoms with E-state index in [1.807, 2.05) is 22.3 Å². The summed E-state index contributed by atoms with van der Waals surface area (Å²) in [5.74, 6) is 0. The van der Waals surface area contributed by atoms with E-state index in [0.717, 1.165) is 33.0 Å². The molecular weight excluding hydrogens is 358 g/mol. The van der Waals surface area contributed by atoms with Gasteiger partial charge in [-0.1, -0.05) is 18.5 Å². The second-order valence-corrected chi connectivity index (χ2v) is 7.15. The van der Waals surface area contributed by atoms with Gasteiger partial charge in [0.05, 0.1) is 27.4 Å². The quantitative estimate of drug-likeness (QED) is 0.766. The minimum Gasteiger partial charge on any atom is -0.304 e. The third kappa shape index (κ3) is 3.27. The molecule has 6 heteroatoms. The van der Waals surface area contributed by atoms with Crippen LogP contribution in [0.15, 0.2) is 22.1 Å². The van der Waals surface area contributed by atoms with Crippen LogP contribution in [0.1, 0.15) is 49.8 Å². The number of thiophene rings is 1. The van der Waals surface area contributed by atoms with Crippen molar-refractivity contribution in [3.63, 3.8) is 0 Å². The topological polar surface area (TPSA) is 29.9 Å². The summed E-state index contributed by atoms with van der Waals surface area (Å²) in [7, 11) is 0. The Bertz CT molecular complexity index is 565. The molecule has 0 saturated heterocycles. The predicted molar refractivity (Wildman–Crippen MR) is 89.8 cm³/mol. The van der Waals surface area contributed by atoms with Crippen LogP contribution in [0, 0.1) is 0 Å². The van der Waals surface area contributed by atoms with Gasteiger partial charge in [-0.2, -0.15) is 5.10 Å². The Hall–Kier alpha value is -0.360. The Morgan fingerprint density at radius 3 is 2.80 bits per heavy atom. The predicted octanol–water partition coefficient (Wildman–Crippen LogP) is 5.03. The van der Waals surface area contributed by atoms with Crippen LogP contribution in [-0.4, -0.2) is 16.3 Å². The van der Waals surface area contributed by atoms with Crippen molar-refractivity contribution in [3.05, 3.63) is 37.7 Å². The minimum atomic E-state index is 0.0710. The van der Waals surface area contributed by atoms with Crippen molar-refractivity contribution < 1.29 is 0 Å². The number of hydrogen-bond donors (Lipinski definition) is 1. The van der Waals surface area contributed by atoms with Crippen LogP contribution >= 0.6 is 38.9 Å². The zero-order valence-electron chi connectivity index (χ0n) is 11.9. The van der Waals surface area contributed by atoms with Gasteiger partial charge in [-0.25, -0.2) is 0 Å². The lowest BCUT2D eigenvalue weighted by molar-refractivity contribution is 0.473. The van der Waals surface area contributed by atoms with Crippen molar-refractivity contribution in [1.82, 2.24) is 15.1 Å². The average molecular weight is 377 g/mol. The number of halogens is 2. The van der Waals surface area contributed by atoms with E-state index in [9.17, 15) is 0 Å². The highest BCUT2D eigenvalue weighted by Crippen LogP contribution is 2.36. The molecule has 2 heterocycles. The Labute approximate surface area is 137 Å². The van der Waals surface area contributed by atoms with Crippen LogP contribution in [0.25, 0.3) is 0 Å². The first-order valence-corrected chi connectivity index (χ1v) is 8.80. The van der Waals surface area contributed by atoms with Gasteiger partial charge in [0.25, 0.3) is 0 Å². The molecule has 0 bridgehead atoms. The summed E-state index contributed by atoms with van der Waals surface area (Å²) in [4.78, 5) is 1.14. The van der Waals surface area contributed by atoms with Crippen LogP contribution in [-0.2, 0) is 0 Å². The Morgan fingerprint density at radius 1 is 1.50 bits per heavy atom. The normalized spacial score (nSPS) is 13.1. The van der Waals surface area contributed by atoms with E-state index in [1.165, 1.54) is 0 Å². The Morgan fingerprint density at radius 2 is 2.25 bits per heavy atom. The van der Waals surface area contributed by atoms with E-state index in [0.29, 0.717) is 6.04 Å². The van der Waals surface area contributed by atoms with Gasteiger partial charge in [-0.3, -0.25) is 4.68 Å². The first-order valence-electron chi connectivity index (χ1n) is 6.75. The zero-order valence-corrected chi connectivity index (χ0v) is 15.0. The van der Waals surface area contributed by atoms with Crippen molar-refractivity contribution in [2.45, 2.75) is 39.3 Å². The third-order valence-electron chi connectivity index (χ3n) is 3.05. The molecule has 0 spiro atoms. The number of aromatic nitrogens is 2. The van der Waals surface area contributed by atoms with E-state index < -0.39 is 0 Å². The van der Waals surface area contributed by atoms with E-state index >= 15 is 0 Å². The standard InChI is InChI=1S/C14H19BrClN3S/c1-4-6-17-12(14-11(16)5-7-20-14)13-10(15)8-18-19(13)9(2)3/h5,7-9,12,17H,4,6H2,1-3H3. The maximum Gasteiger partial charge on any atom is 0.0868 e. The smallest absolute Gasteiger partial charge is 0.0868 e. The number of rotatable bonds is 6. The SMILES string of the molecule is CCCNC(c1sccc1Cl)c1c(Br)cnn1C(C)C. The largest absolute Gasteiger partial charge is 0.304 e. The zero-order chi connectivity index (χ0) is 14.7. The molecule has 0 aliphatic heterocycles. The number of hydrogen-bond acceptors (Lipinski definition) is 3. The number of nitrogens with zero attached hydrogens (tertiary/aromatic N) is 2. The highest BCUT2D eigenvalue weighted by Gasteiger charge is 2.25. The molecule has 3 nitrogen and oxygen atoms in total. The van der Waals surface area contributed by atoms with Crippen LogP contribution in [0.2, 0.25) is 5.02 Å². The van der Waals surface area contributed by atoms with Gasteiger partial charge in [0.1, 0.15) is 0 Å². The lowest BCUT2D eigenvalue weighted by Crippen LogP contribution is -2.26. The molecule has 20 heavy (non-hydrogen) atoms. The van der Waals surface area contributed by atoms with Crippen molar-refractivity contribution in [2.75, 3.05) is 6.54 Å². The molecule has 0 fully saturated rings. The van der Waals surface area contributed by atoms with Gasteiger partial charge >= 0.3 is 0 Å². The molecule has 0 aliphatic carbocycles. The van der Waals surface area contributed by atoms with Gasteiger partial charge in [0.2, 0.25) is 0 Å². The highest BCUT2D eigenvalue weighted by molar-refractivity contribution is 9.10. The molecule has 1 atom stereocenters. The first kappa shape index (κ1) is 16.0. The molecule has 0 aromatic carbocycles. The fourth-order valence-electron chi connectivity index (χ4n) is 2.15. The summed E-state index contributed by atoms with van der Waals surface area (Å²) in [5.41, 5.74) is 1.14. The molecule has 2 aromatic heterocycles. The lowest BCUT2D eigenvalue weighted by Gasteiger charge is -2.22. The van der Waals surface area contributed by atoms with Crippen LogP contribution in [0.5, 0.6) is 0 Å². The Kier molecular flexibility index (Phi) is 5.66. The summed E-state index contributed by atoms with van der Waals surface area (Å²) in [6.45, 7) is 7.37. The maximum absolute atomic E-state index is 6.34. The highest BCUT2D eigenvalue weighted by atomic mass is 79.9. The van der Waals surface area contributed by atoms with Crippen LogP contribution in [0.4, 0.5) is 0 Å². The van der Waals surface area contributed by atoms with Crippen LogP contribution < -0.4 is 5.32 Å². The molecular formula is C14H19BrClN3S. The van der Waals surface area contributed by atoms with Gasteiger partial charge < -0.3 is 5.32 Å². The summed E-state index contributed by atoms with van der Waals surface area (Å²) in [6, 6.07) is 2.33. The molecule has 0 radical (unpaired) electrons. The third-order valence-corrected chi connectivity index (χ3v) is 5.09. The molecule has 2 rings (SSSR count). The van der Waals surface area contributed by atoms with Crippen molar-refractivity contribution in [1.29, 1.82) is 0 Å². The summed E-state index contributed by atoms with van der Waals surface area (Å²) < 4.78 is 3.07. The van der Waals surface area contributed by atoms with E-state index in [-0.39, 0.29) is 6.04 Å². The molecule has 0 amide bonds. The lowest BCUT2D eigenvalue weighted by atomic mass is 10.1. The summed E-state index contributed by atoms with van der Waals surface area (Å²) >= 11 is 11.6. The molecule has 110 valence electrons. The van der Waals surface area contributed by atoms with Gasteiger partial charge in [0, 0.05) is 10.9 Å². The second kappa shape index (κ2) is 7.07. The number of nitrogens with one attached hydrogen (secondary N) is 1. The van der Waals surface area contributed by atoms with E-state index in [1.54, 1.807) is 11.3 Å². The molecule has 0 aliphatic rings. The molecule has 0 saturated carbocycles. The summed E-state index contributed by atoms with van der Waals surface area (Å²) in [6.07, 6.45) is 2.93. The van der Waals surface area contributed by atoms with Crippen LogP contribution in [0.3, 0.4) is 0 Å². The minimum absolute atomic E-state index is 0.0710. The van der Waals surface area contributed by atoms with Crippen molar-refractivity contribution in [2.24, 2.45) is 0 Å². The van der Waals surface area contributed by atoms with Crippen molar-refractivity contribution >= 4 is 38.9 Å². The van der Waals surface area contributed by atoms with Gasteiger partial charge in [-0.15, -0.1) is 11.3 Å². The van der Waals surface area contributed by atoms with Gasteiger partial charge in [-0.05, 0) is 54.2 Å². The van der Waals surface area contributed by atoms with E-state index in [4.69, 9.17) is 11.6 Å². The maximum atomic E-state index is 6.34. The molecule has 1 N–H and O–H groups in total. The monoisotopic (exact) mass is 375 g/mol. The second-order valence-electron chi connectivity index (χ2n) is 4.94. The van der Waals surface area contributed by atoms with Crippen molar-refractivity contribution in [3.8, 4) is 0 Å². The van der Waals surface area contributed by atoms with E-state index in [2.05, 4.69) is 47.1 Å². The average Bonchev–Trinajstić information content (AvgIpc) is 2.98. The molecule has 1 unspecified atom stereocenters. The first-order chi connectivity index (χ1) is 9.56. The van der Waals surface area contributed by atoms with Gasteiger partial charge in [0.15, 0.2) is 0 Å². The Balaban J connectivity index is 2.46. The molecule has 2 aromatic rings. The summed E-state index contributed by atoms with van der Waals surface area (Å²) in [5, 5.41) is 10.9. The fourth-order valence-corrected chi connectivity index (χ4v) is 3.89. The fraction of sp³-hybridized carbons (Fsp3) is 0.500.